The van der Waals surface area contributed by atoms with E-state index in [-0.39, 0.29) is 24.8 Å². The normalized spacial score (nSPS) is 12.3. The summed E-state index contributed by atoms with van der Waals surface area (Å²) in [5, 5.41) is 10.3. The number of carbonyl (C=O) groups is 3. The molecule has 0 spiro atoms. The van der Waals surface area contributed by atoms with Crippen LogP contribution in [-0.4, -0.2) is 38.9 Å². The molecule has 30 heavy (non-hydrogen) atoms. The molecular weight excluding hydrogens is 475 g/mol. The number of carboxylic acids is 1. The first-order valence-corrected chi connectivity index (χ1v) is 9.25. The highest BCUT2D eigenvalue weighted by molar-refractivity contribution is 9.10. The smallest absolute Gasteiger partial charge is 0.412 e. The van der Waals surface area contributed by atoms with E-state index in [2.05, 4.69) is 20.9 Å². The van der Waals surface area contributed by atoms with Gasteiger partial charge in [0, 0.05) is 23.5 Å². The van der Waals surface area contributed by atoms with Crippen LogP contribution in [0.25, 0.3) is 0 Å². The highest BCUT2D eigenvalue weighted by Crippen LogP contribution is 2.33. The summed E-state index contributed by atoms with van der Waals surface area (Å²) in [5.41, 5.74) is -2.04. The van der Waals surface area contributed by atoms with Gasteiger partial charge in [0.25, 0.3) is 11.5 Å². The van der Waals surface area contributed by atoms with Crippen molar-refractivity contribution in [1.82, 2.24) is 15.3 Å². The standard InChI is InChI=1S/C18H15BrF3N3O5/c19-10-6-4-9(5-7-10)14(18(20,21)22)24-16(29)11-8-23-15(25-17(11)30)12(26)2-1-3-13(27)28/h4-8,14H,1-3H2,(H,24,29)(H,27,28)(H,23,25,30). The molecule has 8 nitrogen and oxygen atoms in total. The molecule has 0 aliphatic carbocycles. The third kappa shape index (κ3) is 6.24. The Labute approximate surface area is 175 Å². The highest BCUT2D eigenvalue weighted by Gasteiger charge is 2.42. The molecule has 1 aromatic carbocycles. The van der Waals surface area contributed by atoms with E-state index in [1.54, 1.807) is 5.32 Å². The summed E-state index contributed by atoms with van der Waals surface area (Å²) in [6.45, 7) is 0. The van der Waals surface area contributed by atoms with Gasteiger partial charge in [-0.1, -0.05) is 28.1 Å². The highest BCUT2D eigenvalue weighted by atomic mass is 79.9. The number of hydrogen-bond acceptors (Lipinski definition) is 5. The third-order valence-electron chi connectivity index (χ3n) is 3.91. The minimum atomic E-state index is -4.83. The molecule has 0 fully saturated rings. The Morgan fingerprint density at radius 1 is 1.17 bits per heavy atom. The first kappa shape index (κ1) is 23.3. The van der Waals surface area contributed by atoms with E-state index in [4.69, 9.17) is 5.11 Å². The van der Waals surface area contributed by atoms with Crippen LogP contribution in [0.3, 0.4) is 0 Å². The van der Waals surface area contributed by atoms with Crippen LogP contribution in [0.4, 0.5) is 13.2 Å². The van der Waals surface area contributed by atoms with Crippen molar-refractivity contribution in [2.45, 2.75) is 31.5 Å². The molecule has 0 bridgehead atoms. The van der Waals surface area contributed by atoms with Crippen molar-refractivity contribution in [1.29, 1.82) is 0 Å². The molecule has 1 aromatic heterocycles. The molecule has 0 saturated carbocycles. The van der Waals surface area contributed by atoms with Gasteiger partial charge < -0.3 is 15.4 Å². The van der Waals surface area contributed by atoms with E-state index in [1.165, 1.54) is 24.3 Å². The van der Waals surface area contributed by atoms with Crippen LogP contribution in [-0.2, 0) is 4.79 Å². The quantitative estimate of drug-likeness (QED) is 0.488. The molecule has 12 heteroatoms. The maximum Gasteiger partial charge on any atom is 0.412 e. The largest absolute Gasteiger partial charge is 0.481 e. The lowest BCUT2D eigenvalue weighted by Gasteiger charge is -2.22. The Hall–Kier alpha value is -3.02. The predicted octanol–water partition coefficient (Wildman–Crippen LogP) is 3.00. The number of benzene rings is 1. The average Bonchev–Trinajstić information content (AvgIpc) is 2.65. The van der Waals surface area contributed by atoms with Gasteiger partial charge in [-0.2, -0.15) is 13.2 Å². The zero-order valence-electron chi connectivity index (χ0n) is 15.1. The fraction of sp³-hybridized carbons (Fsp3) is 0.278. The van der Waals surface area contributed by atoms with Crippen LogP contribution < -0.4 is 10.9 Å². The molecule has 0 aliphatic rings. The van der Waals surface area contributed by atoms with E-state index < -0.39 is 46.8 Å². The van der Waals surface area contributed by atoms with E-state index in [0.29, 0.717) is 10.7 Å². The molecule has 0 aliphatic heterocycles. The van der Waals surface area contributed by atoms with Gasteiger partial charge in [-0.25, -0.2) is 4.98 Å². The lowest BCUT2D eigenvalue weighted by molar-refractivity contribution is -0.155. The van der Waals surface area contributed by atoms with E-state index in [9.17, 15) is 32.3 Å². The van der Waals surface area contributed by atoms with Crippen LogP contribution in [0.5, 0.6) is 0 Å². The number of nitrogens with one attached hydrogen (secondary N) is 2. The summed E-state index contributed by atoms with van der Waals surface area (Å²) in [6.07, 6.45) is -4.58. The van der Waals surface area contributed by atoms with E-state index in [1.807, 2.05) is 4.98 Å². The van der Waals surface area contributed by atoms with Crippen LogP contribution in [0.2, 0.25) is 0 Å². The van der Waals surface area contributed by atoms with Crippen LogP contribution in [0.15, 0.2) is 39.7 Å². The predicted molar refractivity (Wildman–Crippen MR) is 101 cm³/mol. The Kier molecular flexibility index (Phi) is 7.48. The number of H-pyrrole nitrogens is 1. The van der Waals surface area contributed by atoms with Gasteiger partial charge in [0.15, 0.2) is 17.6 Å². The zero-order valence-corrected chi connectivity index (χ0v) is 16.7. The fourth-order valence-electron chi connectivity index (χ4n) is 2.44. The van der Waals surface area contributed by atoms with Gasteiger partial charge in [-0.05, 0) is 24.1 Å². The van der Waals surface area contributed by atoms with Gasteiger partial charge in [0.1, 0.15) is 5.56 Å². The fourth-order valence-corrected chi connectivity index (χ4v) is 2.70. The molecule has 160 valence electrons. The molecular formula is C18H15BrF3N3O5. The minimum absolute atomic E-state index is 0.0145. The van der Waals surface area contributed by atoms with Gasteiger partial charge in [-0.3, -0.25) is 19.2 Å². The monoisotopic (exact) mass is 489 g/mol. The molecule has 0 saturated heterocycles. The van der Waals surface area contributed by atoms with Crippen molar-refractivity contribution < 1.29 is 32.7 Å². The van der Waals surface area contributed by atoms with Crippen LogP contribution >= 0.6 is 15.9 Å². The molecule has 2 aromatic rings. The van der Waals surface area contributed by atoms with Crippen molar-refractivity contribution in [2.24, 2.45) is 0 Å². The topological polar surface area (TPSA) is 129 Å². The number of hydrogen-bond donors (Lipinski definition) is 3. The number of amides is 1. The first-order chi connectivity index (χ1) is 14.0. The number of nitrogens with zero attached hydrogens (tertiary/aromatic N) is 1. The van der Waals surface area contributed by atoms with Gasteiger partial charge in [-0.15, -0.1) is 0 Å². The minimum Gasteiger partial charge on any atom is -0.481 e. The SMILES string of the molecule is O=C(O)CCCC(=O)c1ncc(C(=O)NC(c2ccc(Br)cc2)C(F)(F)F)c(=O)[nH]1. The Balaban J connectivity index is 2.19. The number of ketones is 1. The number of Topliss-reactive ketones (excluding diaryl/α,β-unsaturated/α-hetero) is 1. The van der Waals surface area contributed by atoms with Gasteiger partial charge in [0.05, 0.1) is 0 Å². The summed E-state index contributed by atoms with van der Waals surface area (Å²) >= 11 is 3.10. The molecule has 2 rings (SSSR count). The summed E-state index contributed by atoms with van der Waals surface area (Å²) in [6, 6.07) is 2.72. The molecule has 1 atom stereocenters. The first-order valence-electron chi connectivity index (χ1n) is 8.46. The Bertz CT molecular complexity index is 1010. The number of carbonyl (C=O) groups excluding carboxylic acids is 2. The number of aromatic nitrogens is 2. The number of carboxylic acid groups (broad SMARTS) is 1. The number of aliphatic carboxylic acids is 1. The molecule has 1 unspecified atom stereocenters. The second-order valence-electron chi connectivity index (χ2n) is 6.14. The van der Waals surface area contributed by atoms with Crippen molar-refractivity contribution in [3.8, 4) is 0 Å². The molecule has 1 heterocycles. The molecule has 3 N–H and O–H groups in total. The van der Waals surface area contributed by atoms with Crippen molar-refractivity contribution >= 4 is 33.6 Å². The van der Waals surface area contributed by atoms with E-state index in [0.717, 1.165) is 0 Å². The van der Waals surface area contributed by atoms with Crippen molar-refractivity contribution in [3.63, 3.8) is 0 Å². The maximum atomic E-state index is 13.4. The summed E-state index contributed by atoms with van der Waals surface area (Å²) < 4.78 is 40.8. The van der Waals surface area contributed by atoms with Crippen LogP contribution in [0.1, 0.15) is 51.8 Å². The second-order valence-corrected chi connectivity index (χ2v) is 7.06. The number of aromatic amines is 1. The maximum absolute atomic E-state index is 13.4. The lowest BCUT2D eigenvalue weighted by Crippen LogP contribution is -2.40. The van der Waals surface area contributed by atoms with Crippen molar-refractivity contribution in [2.75, 3.05) is 0 Å². The Morgan fingerprint density at radius 2 is 1.80 bits per heavy atom. The number of halogens is 4. The number of alkyl halides is 3. The zero-order chi connectivity index (χ0) is 22.5. The number of rotatable bonds is 8. The van der Waals surface area contributed by atoms with Gasteiger partial charge in [0.2, 0.25) is 0 Å². The van der Waals surface area contributed by atoms with E-state index >= 15 is 0 Å². The van der Waals surface area contributed by atoms with Crippen LogP contribution in [0, 0.1) is 0 Å². The molecule has 1 amide bonds. The van der Waals surface area contributed by atoms with Crippen molar-refractivity contribution in [3.05, 3.63) is 62.2 Å². The molecule has 0 radical (unpaired) electrons. The van der Waals surface area contributed by atoms with Gasteiger partial charge >= 0.3 is 12.1 Å². The average molecular weight is 490 g/mol. The third-order valence-corrected chi connectivity index (χ3v) is 4.44. The Morgan fingerprint density at radius 3 is 2.33 bits per heavy atom. The summed E-state index contributed by atoms with van der Waals surface area (Å²) in [4.78, 5) is 52.4. The lowest BCUT2D eigenvalue weighted by atomic mass is 10.1. The second kappa shape index (κ2) is 9.65. The summed E-state index contributed by atoms with van der Waals surface area (Å²) in [7, 11) is 0. The summed E-state index contributed by atoms with van der Waals surface area (Å²) in [5.74, 6) is -3.49.